The summed E-state index contributed by atoms with van der Waals surface area (Å²) in [6.45, 7) is 5.94. The molecule has 1 aromatic heterocycles. The second-order valence-corrected chi connectivity index (χ2v) is 6.30. The predicted octanol–water partition coefficient (Wildman–Crippen LogP) is 1.62. The number of esters is 1. The lowest BCUT2D eigenvalue weighted by Crippen LogP contribution is -2.53. The number of methoxy groups -OCH3 is 1. The van der Waals surface area contributed by atoms with Crippen LogP contribution >= 0.6 is 11.8 Å². The summed E-state index contributed by atoms with van der Waals surface area (Å²) in [6, 6.07) is 0.227. The molecule has 0 aliphatic rings. The maximum Gasteiger partial charge on any atom is 0.325 e. The molecule has 0 saturated carbocycles. The van der Waals surface area contributed by atoms with Crippen LogP contribution in [0.1, 0.15) is 33.6 Å². The van der Waals surface area contributed by atoms with Gasteiger partial charge in [-0.1, -0.05) is 11.8 Å². The standard InChI is InChI=1S/C13H24N4O2S/c1-10(2)16-13(3,11(18)19-5)7-6-8-20-12-14-9-15-17(12)4/h9-10,16H,6-8H2,1-5H3. The van der Waals surface area contributed by atoms with E-state index >= 15 is 0 Å². The summed E-state index contributed by atoms with van der Waals surface area (Å²) in [5.41, 5.74) is -0.636. The highest BCUT2D eigenvalue weighted by atomic mass is 32.2. The summed E-state index contributed by atoms with van der Waals surface area (Å²) < 4.78 is 6.65. The minimum Gasteiger partial charge on any atom is -0.468 e. The van der Waals surface area contributed by atoms with Gasteiger partial charge in [-0.3, -0.25) is 10.1 Å². The highest BCUT2D eigenvalue weighted by Crippen LogP contribution is 2.20. The zero-order valence-corrected chi connectivity index (χ0v) is 13.7. The maximum atomic E-state index is 11.9. The lowest BCUT2D eigenvalue weighted by Gasteiger charge is -2.30. The first-order valence-corrected chi connectivity index (χ1v) is 7.70. The quantitative estimate of drug-likeness (QED) is 0.447. The van der Waals surface area contributed by atoms with E-state index in [1.54, 1.807) is 22.8 Å². The lowest BCUT2D eigenvalue weighted by molar-refractivity contribution is -0.148. The molecule has 1 aromatic rings. The van der Waals surface area contributed by atoms with Gasteiger partial charge >= 0.3 is 5.97 Å². The summed E-state index contributed by atoms with van der Waals surface area (Å²) in [5, 5.41) is 8.21. The van der Waals surface area contributed by atoms with E-state index in [-0.39, 0.29) is 12.0 Å². The first kappa shape index (κ1) is 17.0. The van der Waals surface area contributed by atoms with Crippen molar-refractivity contribution in [1.29, 1.82) is 0 Å². The van der Waals surface area contributed by atoms with Crippen LogP contribution in [-0.4, -0.2) is 45.2 Å². The minimum absolute atomic E-state index is 0.213. The Balaban J connectivity index is 2.46. The molecule has 20 heavy (non-hydrogen) atoms. The van der Waals surface area contributed by atoms with Gasteiger partial charge in [-0.15, -0.1) is 0 Å². The van der Waals surface area contributed by atoms with E-state index in [4.69, 9.17) is 4.74 Å². The summed E-state index contributed by atoms with van der Waals surface area (Å²) in [6.07, 6.45) is 3.16. The minimum atomic E-state index is -0.636. The summed E-state index contributed by atoms with van der Waals surface area (Å²) in [5.74, 6) is 0.675. The molecule has 0 aliphatic heterocycles. The number of nitrogens with one attached hydrogen (secondary N) is 1. The third kappa shape index (κ3) is 4.79. The highest BCUT2D eigenvalue weighted by molar-refractivity contribution is 7.99. The van der Waals surface area contributed by atoms with E-state index in [1.807, 2.05) is 27.8 Å². The van der Waals surface area contributed by atoms with Gasteiger partial charge in [-0.25, -0.2) is 9.67 Å². The number of carbonyl (C=O) groups is 1. The average molecular weight is 300 g/mol. The van der Waals surface area contributed by atoms with Gasteiger partial charge in [0.15, 0.2) is 5.16 Å². The Labute approximate surface area is 124 Å². The van der Waals surface area contributed by atoms with Crippen molar-refractivity contribution in [2.45, 2.75) is 50.4 Å². The smallest absolute Gasteiger partial charge is 0.325 e. The second kappa shape index (κ2) is 7.64. The monoisotopic (exact) mass is 300 g/mol. The fourth-order valence-electron chi connectivity index (χ4n) is 2.10. The van der Waals surface area contributed by atoms with Gasteiger partial charge in [0.2, 0.25) is 0 Å². The van der Waals surface area contributed by atoms with Crippen molar-refractivity contribution in [3.8, 4) is 0 Å². The van der Waals surface area contributed by atoms with Gasteiger partial charge in [0.25, 0.3) is 0 Å². The SMILES string of the molecule is COC(=O)C(C)(CCCSc1ncnn1C)NC(C)C. The average Bonchev–Trinajstić information content (AvgIpc) is 2.78. The molecule has 0 amide bonds. The van der Waals surface area contributed by atoms with Gasteiger partial charge in [-0.05, 0) is 33.6 Å². The van der Waals surface area contributed by atoms with Crippen LogP contribution in [0.5, 0.6) is 0 Å². The van der Waals surface area contributed by atoms with Crippen molar-refractivity contribution in [1.82, 2.24) is 20.1 Å². The molecule has 0 fully saturated rings. The van der Waals surface area contributed by atoms with E-state index in [0.717, 1.165) is 23.8 Å². The van der Waals surface area contributed by atoms with Crippen LogP contribution in [0.4, 0.5) is 0 Å². The van der Waals surface area contributed by atoms with Crippen molar-refractivity contribution in [2.24, 2.45) is 7.05 Å². The third-order valence-corrected chi connectivity index (χ3v) is 4.09. The molecule has 1 unspecified atom stereocenters. The van der Waals surface area contributed by atoms with Crippen molar-refractivity contribution in [2.75, 3.05) is 12.9 Å². The predicted molar refractivity (Wildman–Crippen MR) is 79.7 cm³/mol. The molecule has 1 heterocycles. The third-order valence-electron chi connectivity index (χ3n) is 2.97. The molecule has 6 nitrogen and oxygen atoms in total. The van der Waals surface area contributed by atoms with Gasteiger partial charge in [0, 0.05) is 18.8 Å². The van der Waals surface area contributed by atoms with Crippen molar-refractivity contribution in [3.63, 3.8) is 0 Å². The molecule has 1 N–H and O–H groups in total. The number of thioether (sulfide) groups is 1. The van der Waals surface area contributed by atoms with Crippen LogP contribution in [0.15, 0.2) is 11.5 Å². The van der Waals surface area contributed by atoms with Crippen LogP contribution in [0.25, 0.3) is 0 Å². The first-order valence-electron chi connectivity index (χ1n) is 6.72. The van der Waals surface area contributed by atoms with Crippen LogP contribution in [0, 0.1) is 0 Å². The van der Waals surface area contributed by atoms with E-state index in [0.29, 0.717) is 0 Å². The topological polar surface area (TPSA) is 69.0 Å². The molecular weight excluding hydrogens is 276 g/mol. The van der Waals surface area contributed by atoms with E-state index in [9.17, 15) is 4.79 Å². The number of ether oxygens (including phenoxy) is 1. The van der Waals surface area contributed by atoms with Gasteiger partial charge in [0.05, 0.1) is 7.11 Å². The maximum absolute atomic E-state index is 11.9. The number of rotatable bonds is 8. The van der Waals surface area contributed by atoms with Crippen LogP contribution in [-0.2, 0) is 16.6 Å². The van der Waals surface area contributed by atoms with Crippen LogP contribution in [0.3, 0.4) is 0 Å². The Morgan fingerprint density at radius 1 is 1.60 bits per heavy atom. The normalized spacial score (nSPS) is 14.3. The highest BCUT2D eigenvalue weighted by Gasteiger charge is 2.34. The fourth-order valence-corrected chi connectivity index (χ4v) is 2.93. The van der Waals surface area contributed by atoms with Crippen LogP contribution in [0.2, 0.25) is 0 Å². The Morgan fingerprint density at radius 3 is 2.80 bits per heavy atom. The van der Waals surface area contributed by atoms with Gasteiger partial charge < -0.3 is 4.74 Å². The number of hydrogen-bond acceptors (Lipinski definition) is 6. The first-order chi connectivity index (χ1) is 9.39. The largest absolute Gasteiger partial charge is 0.468 e. The number of hydrogen-bond donors (Lipinski definition) is 1. The fraction of sp³-hybridized carbons (Fsp3) is 0.769. The molecule has 0 saturated heterocycles. The van der Waals surface area contributed by atoms with E-state index < -0.39 is 5.54 Å². The van der Waals surface area contributed by atoms with Gasteiger partial charge in [0.1, 0.15) is 11.9 Å². The second-order valence-electron chi connectivity index (χ2n) is 5.24. The van der Waals surface area contributed by atoms with Crippen molar-refractivity contribution < 1.29 is 9.53 Å². The van der Waals surface area contributed by atoms with Crippen molar-refractivity contribution >= 4 is 17.7 Å². The molecule has 0 radical (unpaired) electrons. The molecule has 7 heteroatoms. The molecule has 1 atom stereocenters. The van der Waals surface area contributed by atoms with E-state index in [1.165, 1.54) is 7.11 Å². The van der Waals surface area contributed by atoms with Crippen LogP contribution < -0.4 is 5.32 Å². The Bertz CT molecular complexity index is 436. The molecule has 0 aromatic carbocycles. The summed E-state index contributed by atoms with van der Waals surface area (Å²) >= 11 is 1.64. The van der Waals surface area contributed by atoms with Crippen molar-refractivity contribution in [3.05, 3.63) is 6.33 Å². The molecule has 1 rings (SSSR count). The van der Waals surface area contributed by atoms with Gasteiger partial charge in [-0.2, -0.15) is 5.10 Å². The zero-order chi connectivity index (χ0) is 15.2. The lowest BCUT2D eigenvalue weighted by atomic mass is 9.95. The number of carbonyl (C=O) groups excluding carboxylic acids is 1. The Hall–Kier alpha value is -1.08. The zero-order valence-electron chi connectivity index (χ0n) is 12.8. The molecule has 114 valence electrons. The molecular formula is C13H24N4O2S. The number of aromatic nitrogens is 3. The molecule has 0 spiro atoms. The van der Waals surface area contributed by atoms with E-state index in [2.05, 4.69) is 15.4 Å². The molecule has 0 aliphatic carbocycles. The molecule has 0 bridgehead atoms. The summed E-state index contributed by atoms with van der Waals surface area (Å²) in [4.78, 5) is 16.1. The Kier molecular flexibility index (Phi) is 6.48. The Morgan fingerprint density at radius 2 is 2.30 bits per heavy atom. The summed E-state index contributed by atoms with van der Waals surface area (Å²) in [7, 11) is 3.30. The number of nitrogens with zero attached hydrogens (tertiary/aromatic N) is 3. The number of aryl methyl sites for hydroxylation is 1.